The van der Waals surface area contributed by atoms with Gasteiger partial charge in [-0.15, -0.1) is 0 Å². The Labute approximate surface area is 143 Å². The second-order valence-electron chi connectivity index (χ2n) is 7.04. The lowest BCUT2D eigenvalue weighted by atomic mass is 9.89. The van der Waals surface area contributed by atoms with Gasteiger partial charge in [-0.3, -0.25) is 4.68 Å². The van der Waals surface area contributed by atoms with E-state index in [1.54, 1.807) is 6.20 Å². The van der Waals surface area contributed by atoms with Gasteiger partial charge in [0.15, 0.2) is 0 Å². The van der Waals surface area contributed by atoms with Gasteiger partial charge < -0.3 is 21.1 Å². The highest BCUT2D eigenvalue weighted by Crippen LogP contribution is 2.34. The molecule has 0 saturated carbocycles. The van der Waals surface area contributed by atoms with Crippen molar-refractivity contribution in [1.82, 2.24) is 15.1 Å². The van der Waals surface area contributed by atoms with Crippen LogP contribution in [0.3, 0.4) is 0 Å². The van der Waals surface area contributed by atoms with Gasteiger partial charge in [0.2, 0.25) is 5.96 Å². The van der Waals surface area contributed by atoms with E-state index in [2.05, 4.69) is 27.6 Å². The molecule has 1 unspecified atom stereocenters. The third-order valence-corrected chi connectivity index (χ3v) is 4.34. The largest absolute Gasteiger partial charge is 0.417 e. The Bertz CT molecular complexity index is 730. The van der Waals surface area contributed by atoms with Crippen LogP contribution in [0.2, 0.25) is 0 Å². The number of hydrogen-bond acceptors (Lipinski definition) is 6. The number of nitrogens with zero attached hydrogens (tertiary/aromatic N) is 3. The standard InChI is InChI=1S/C15H21F3N6O/c1-9-10(4-21-24(9)6-13(2)7-25-8-13)22-12-20-5-11(15(16,17)18)14(3,19)23-12/h4-5H,6-8,19H2,1-3H3,(H2,20,22,23). The Morgan fingerprint density at radius 3 is 2.60 bits per heavy atom. The van der Waals surface area contributed by atoms with Gasteiger partial charge in [-0.2, -0.15) is 18.3 Å². The molecule has 1 saturated heterocycles. The molecule has 3 heterocycles. The summed E-state index contributed by atoms with van der Waals surface area (Å²) in [5.74, 6) is 0.138. The summed E-state index contributed by atoms with van der Waals surface area (Å²) < 4.78 is 45.9. The van der Waals surface area contributed by atoms with Gasteiger partial charge in [-0.05, 0) is 13.8 Å². The molecule has 2 aliphatic rings. The molecule has 0 radical (unpaired) electrons. The highest BCUT2D eigenvalue weighted by atomic mass is 19.4. The van der Waals surface area contributed by atoms with Crippen LogP contribution in [0.1, 0.15) is 19.5 Å². The lowest BCUT2D eigenvalue weighted by molar-refractivity contribution is -0.111. The zero-order valence-electron chi connectivity index (χ0n) is 14.2. The van der Waals surface area contributed by atoms with E-state index in [1.165, 1.54) is 6.92 Å². The molecule has 1 aromatic heterocycles. The zero-order valence-corrected chi connectivity index (χ0v) is 14.2. The first-order valence-corrected chi connectivity index (χ1v) is 7.80. The average molecular weight is 358 g/mol. The number of halogens is 3. The van der Waals surface area contributed by atoms with Crippen molar-refractivity contribution in [2.45, 2.75) is 39.2 Å². The molecule has 1 aromatic rings. The molecule has 0 aliphatic carbocycles. The fraction of sp³-hybridized carbons (Fsp3) is 0.600. The Hall–Kier alpha value is -2.07. The fourth-order valence-electron chi connectivity index (χ4n) is 2.80. The van der Waals surface area contributed by atoms with Crippen LogP contribution in [0.4, 0.5) is 18.9 Å². The van der Waals surface area contributed by atoms with Gasteiger partial charge in [-0.1, -0.05) is 6.92 Å². The second-order valence-corrected chi connectivity index (χ2v) is 7.04. The van der Waals surface area contributed by atoms with Crippen LogP contribution in [0.25, 0.3) is 0 Å². The number of nitrogens with two attached hydrogens (primary N) is 1. The third kappa shape index (κ3) is 3.49. The van der Waals surface area contributed by atoms with E-state index in [-0.39, 0.29) is 11.4 Å². The monoisotopic (exact) mass is 358 g/mol. The first-order chi connectivity index (χ1) is 11.5. The van der Waals surface area contributed by atoms with E-state index in [4.69, 9.17) is 10.5 Å². The summed E-state index contributed by atoms with van der Waals surface area (Å²) in [6.07, 6.45) is -2.10. The molecule has 10 heteroatoms. The minimum Gasteiger partial charge on any atom is -0.380 e. The highest BCUT2D eigenvalue weighted by Gasteiger charge is 2.45. The van der Waals surface area contributed by atoms with Gasteiger partial charge in [0.1, 0.15) is 5.66 Å². The van der Waals surface area contributed by atoms with Crippen molar-refractivity contribution in [3.05, 3.63) is 23.7 Å². The summed E-state index contributed by atoms with van der Waals surface area (Å²) in [4.78, 5) is 3.94. The minimum atomic E-state index is -4.55. The molecule has 25 heavy (non-hydrogen) atoms. The van der Waals surface area contributed by atoms with Gasteiger partial charge >= 0.3 is 6.18 Å². The van der Waals surface area contributed by atoms with Gasteiger partial charge in [0.05, 0.1) is 42.9 Å². The molecule has 1 atom stereocenters. The van der Waals surface area contributed by atoms with E-state index in [1.807, 2.05) is 11.6 Å². The number of aliphatic imine (C=N–C) groups is 1. The maximum Gasteiger partial charge on any atom is 0.417 e. The number of hydrogen-bond donors (Lipinski definition) is 3. The van der Waals surface area contributed by atoms with Crippen LogP contribution in [0.15, 0.2) is 23.0 Å². The molecule has 0 aromatic carbocycles. The van der Waals surface area contributed by atoms with E-state index >= 15 is 0 Å². The summed E-state index contributed by atoms with van der Waals surface area (Å²) >= 11 is 0. The summed E-state index contributed by atoms with van der Waals surface area (Å²) in [6.45, 7) is 7.26. The van der Waals surface area contributed by atoms with Crippen molar-refractivity contribution in [3.8, 4) is 0 Å². The Kier molecular flexibility index (Phi) is 4.07. The Morgan fingerprint density at radius 2 is 2.08 bits per heavy atom. The van der Waals surface area contributed by atoms with E-state index in [0.29, 0.717) is 25.4 Å². The normalized spacial score (nSPS) is 25.6. The van der Waals surface area contributed by atoms with Gasteiger partial charge in [0.25, 0.3) is 0 Å². The molecule has 7 nitrogen and oxygen atoms in total. The lowest BCUT2D eigenvalue weighted by Crippen LogP contribution is -2.49. The summed E-state index contributed by atoms with van der Waals surface area (Å²) in [6, 6.07) is 0. The van der Waals surface area contributed by atoms with Crippen LogP contribution < -0.4 is 16.4 Å². The quantitative estimate of drug-likeness (QED) is 0.766. The lowest BCUT2D eigenvalue weighted by Gasteiger charge is -2.38. The van der Waals surface area contributed by atoms with E-state index in [0.717, 1.165) is 11.9 Å². The van der Waals surface area contributed by atoms with E-state index < -0.39 is 17.4 Å². The molecule has 0 spiro atoms. The van der Waals surface area contributed by atoms with Crippen LogP contribution in [-0.4, -0.2) is 40.8 Å². The summed E-state index contributed by atoms with van der Waals surface area (Å²) in [5, 5.41) is 9.79. The SMILES string of the molecule is Cc1c(NC2=NC(C)(N)C(C(F)(F)F)=CN2)cnn1CC1(C)COC1. The fourth-order valence-corrected chi connectivity index (χ4v) is 2.80. The number of alkyl halides is 3. The number of ether oxygens (including phenoxy) is 1. The maximum absolute atomic E-state index is 13.0. The van der Waals surface area contributed by atoms with Crippen molar-refractivity contribution in [2.24, 2.45) is 16.1 Å². The minimum absolute atomic E-state index is 0.0504. The maximum atomic E-state index is 13.0. The van der Waals surface area contributed by atoms with Gasteiger partial charge in [0, 0.05) is 11.6 Å². The van der Waals surface area contributed by atoms with Crippen LogP contribution in [0.5, 0.6) is 0 Å². The predicted molar refractivity (Wildman–Crippen MR) is 86.8 cm³/mol. The number of guanidine groups is 1. The summed E-state index contributed by atoms with van der Waals surface area (Å²) in [7, 11) is 0. The van der Waals surface area contributed by atoms with Crippen LogP contribution in [0, 0.1) is 12.3 Å². The molecule has 138 valence electrons. The molecule has 0 bridgehead atoms. The van der Waals surface area contributed by atoms with Crippen molar-refractivity contribution >= 4 is 11.6 Å². The highest BCUT2D eigenvalue weighted by molar-refractivity contribution is 5.95. The first-order valence-electron chi connectivity index (χ1n) is 7.80. The van der Waals surface area contributed by atoms with Crippen molar-refractivity contribution in [2.75, 3.05) is 18.5 Å². The predicted octanol–water partition coefficient (Wildman–Crippen LogP) is 1.72. The third-order valence-electron chi connectivity index (χ3n) is 4.34. The molecule has 3 rings (SSSR count). The molecule has 1 fully saturated rings. The van der Waals surface area contributed by atoms with Crippen molar-refractivity contribution in [1.29, 1.82) is 0 Å². The number of rotatable bonds is 3. The van der Waals surface area contributed by atoms with Crippen molar-refractivity contribution in [3.63, 3.8) is 0 Å². The number of anilines is 1. The Balaban J connectivity index is 1.74. The smallest absolute Gasteiger partial charge is 0.380 e. The second kappa shape index (κ2) is 5.73. The first kappa shape index (κ1) is 17.7. The molecular weight excluding hydrogens is 337 g/mol. The van der Waals surface area contributed by atoms with Crippen LogP contribution >= 0.6 is 0 Å². The summed E-state index contributed by atoms with van der Waals surface area (Å²) in [5.41, 5.74) is 4.46. The van der Waals surface area contributed by atoms with Crippen molar-refractivity contribution < 1.29 is 17.9 Å². The molecule has 2 aliphatic heterocycles. The Morgan fingerprint density at radius 1 is 1.40 bits per heavy atom. The number of aromatic nitrogens is 2. The number of nitrogens with one attached hydrogen (secondary N) is 2. The van der Waals surface area contributed by atoms with E-state index in [9.17, 15) is 13.2 Å². The van der Waals surface area contributed by atoms with Crippen LogP contribution in [-0.2, 0) is 11.3 Å². The average Bonchev–Trinajstić information content (AvgIpc) is 2.76. The zero-order chi connectivity index (χ0) is 18.5. The molecule has 4 N–H and O–H groups in total. The van der Waals surface area contributed by atoms with Gasteiger partial charge in [-0.25, -0.2) is 4.99 Å². The topological polar surface area (TPSA) is 89.5 Å². The molecule has 0 amide bonds. The molecular formula is C15H21F3N6O.